The maximum absolute atomic E-state index is 13.2. The molecule has 2 nitrogen and oxygen atoms in total. The highest BCUT2D eigenvalue weighted by Crippen LogP contribution is 2.25. The van der Waals surface area contributed by atoms with Gasteiger partial charge in [-0.1, -0.05) is 6.07 Å². The van der Waals surface area contributed by atoms with E-state index < -0.39 is 11.6 Å². The number of nitrogens with one attached hydrogen (secondary N) is 1. The summed E-state index contributed by atoms with van der Waals surface area (Å²) in [4.78, 5) is 0. The van der Waals surface area contributed by atoms with E-state index >= 15 is 0 Å². The van der Waals surface area contributed by atoms with E-state index in [2.05, 4.69) is 5.32 Å². The Balaban J connectivity index is 2.02. The van der Waals surface area contributed by atoms with Gasteiger partial charge >= 0.3 is 0 Å². The van der Waals surface area contributed by atoms with E-state index in [9.17, 15) is 8.78 Å². The highest BCUT2D eigenvalue weighted by molar-refractivity contribution is 5.21. The molecule has 1 aromatic rings. The lowest BCUT2D eigenvalue weighted by Gasteiger charge is -2.24. The summed E-state index contributed by atoms with van der Waals surface area (Å²) >= 11 is 0. The molecule has 1 N–H and O–H groups in total. The van der Waals surface area contributed by atoms with Gasteiger partial charge in [0.1, 0.15) is 0 Å². The lowest BCUT2D eigenvalue weighted by molar-refractivity contribution is 0.0819. The molecule has 0 amide bonds. The van der Waals surface area contributed by atoms with Crippen molar-refractivity contribution in [2.45, 2.75) is 44.4 Å². The van der Waals surface area contributed by atoms with Gasteiger partial charge in [0.25, 0.3) is 0 Å². The molecule has 1 fully saturated rings. The quantitative estimate of drug-likeness (QED) is 0.892. The summed E-state index contributed by atoms with van der Waals surface area (Å²) in [6.07, 6.45) is 3.48. The standard InChI is InChI=1S/C14H19F2NO/c1-9(10-6-7-11(15)12(16)8-10)17-13-4-3-5-14(13)18-2/h6-9,13-14,17H,3-5H2,1-2H3. The monoisotopic (exact) mass is 255 g/mol. The van der Waals surface area contributed by atoms with E-state index in [1.54, 1.807) is 13.2 Å². The van der Waals surface area contributed by atoms with E-state index in [0.717, 1.165) is 24.8 Å². The van der Waals surface area contributed by atoms with Crippen LogP contribution in [0.1, 0.15) is 37.8 Å². The first-order valence-corrected chi connectivity index (χ1v) is 6.35. The Bertz CT molecular complexity index is 411. The van der Waals surface area contributed by atoms with Crippen LogP contribution >= 0.6 is 0 Å². The lowest BCUT2D eigenvalue weighted by Crippen LogP contribution is -2.38. The summed E-state index contributed by atoms with van der Waals surface area (Å²) in [7, 11) is 1.72. The molecule has 3 atom stereocenters. The zero-order valence-electron chi connectivity index (χ0n) is 10.7. The Hall–Kier alpha value is -1.00. The van der Waals surface area contributed by atoms with Crippen LogP contribution in [0.3, 0.4) is 0 Å². The summed E-state index contributed by atoms with van der Waals surface area (Å²) in [5, 5.41) is 3.43. The van der Waals surface area contributed by atoms with Gasteiger partial charge in [-0.3, -0.25) is 0 Å². The average molecular weight is 255 g/mol. The van der Waals surface area contributed by atoms with Crippen LogP contribution < -0.4 is 5.32 Å². The third-order valence-corrected chi connectivity index (χ3v) is 3.66. The second-order valence-corrected chi connectivity index (χ2v) is 4.87. The van der Waals surface area contributed by atoms with Crippen molar-refractivity contribution in [3.8, 4) is 0 Å². The number of methoxy groups -OCH3 is 1. The fourth-order valence-corrected chi connectivity index (χ4v) is 2.60. The summed E-state index contributed by atoms with van der Waals surface area (Å²) < 4.78 is 31.4. The number of rotatable bonds is 4. The molecule has 3 unspecified atom stereocenters. The first-order valence-electron chi connectivity index (χ1n) is 6.35. The average Bonchev–Trinajstić information content (AvgIpc) is 2.79. The van der Waals surface area contributed by atoms with Gasteiger partial charge in [-0.15, -0.1) is 0 Å². The molecule has 1 aromatic carbocycles. The molecule has 0 saturated heterocycles. The molecular weight excluding hydrogens is 236 g/mol. The Morgan fingerprint density at radius 3 is 2.72 bits per heavy atom. The van der Waals surface area contributed by atoms with E-state index in [1.165, 1.54) is 12.1 Å². The second kappa shape index (κ2) is 5.76. The van der Waals surface area contributed by atoms with E-state index in [-0.39, 0.29) is 18.2 Å². The van der Waals surface area contributed by atoms with Crippen molar-refractivity contribution >= 4 is 0 Å². The highest BCUT2D eigenvalue weighted by Gasteiger charge is 2.28. The van der Waals surface area contributed by atoms with Crippen LogP contribution in [0.5, 0.6) is 0 Å². The summed E-state index contributed by atoms with van der Waals surface area (Å²) in [5.74, 6) is -1.60. The fourth-order valence-electron chi connectivity index (χ4n) is 2.60. The van der Waals surface area contributed by atoms with Crippen molar-refractivity contribution < 1.29 is 13.5 Å². The van der Waals surface area contributed by atoms with E-state index in [0.29, 0.717) is 0 Å². The van der Waals surface area contributed by atoms with Crippen LogP contribution in [-0.4, -0.2) is 19.3 Å². The second-order valence-electron chi connectivity index (χ2n) is 4.87. The van der Waals surface area contributed by atoms with Gasteiger partial charge < -0.3 is 10.1 Å². The molecule has 2 rings (SSSR count). The predicted octanol–water partition coefficient (Wildman–Crippen LogP) is 3.18. The molecule has 1 saturated carbocycles. The highest BCUT2D eigenvalue weighted by atomic mass is 19.2. The molecule has 1 aliphatic rings. The van der Waals surface area contributed by atoms with Crippen LogP contribution in [0.2, 0.25) is 0 Å². The van der Waals surface area contributed by atoms with Crippen LogP contribution in [0.15, 0.2) is 18.2 Å². The first-order chi connectivity index (χ1) is 8.61. The van der Waals surface area contributed by atoms with Gasteiger partial charge in [0.2, 0.25) is 0 Å². The molecule has 0 aliphatic heterocycles. The smallest absolute Gasteiger partial charge is 0.159 e. The van der Waals surface area contributed by atoms with Gasteiger partial charge in [-0.25, -0.2) is 8.78 Å². The largest absolute Gasteiger partial charge is 0.380 e. The zero-order chi connectivity index (χ0) is 13.1. The third-order valence-electron chi connectivity index (χ3n) is 3.66. The maximum Gasteiger partial charge on any atom is 0.159 e. The molecule has 18 heavy (non-hydrogen) atoms. The van der Waals surface area contributed by atoms with Crippen molar-refractivity contribution in [2.24, 2.45) is 0 Å². The minimum Gasteiger partial charge on any atom is -0.380 e. The minimum atomic E-state index is -0.804. The molecule has 0 bridgehead atoms. The van der Waals surface area contributed by atoms with Crippen LogP contribution in [0.4, 0.5) is 8.78 Å². The van der Waals surface area contributed by atoms with Crippen molar-refractivity contribution in [3.63, 3.8) is 0 Å². The normalized spacial score (nSPS) is 25.3. The third kappa shape index (κ3) is 2.87. The van der Waals surface area contributed by atoms with Gasteiger partial charge in [-0.2, -0.15) is 0 Å². The Morgan fingerprint density at radius 2 is 2.06 bits per heavy atom. The summed E-state index contributed by atoms with van der Waals surface area (Å²) in [5.41, 5.74) is 0.760. The first kappa shape index (κ1) is 13.4. The molecule has 0 aromatic heterocycles. The minimum absolute atomic E-state index is 0.0131. The Labute approximate surface area is 106 Å². The van der Waals surface area contributed by atoms with Crippen molar-refractivity contribution in [1.29, 1.82) is 0 Å². The Morgan fingerprint density at radius 1 is 1.28 bits per heavy atom. The number of hydrogen-bond acceptors (Lipinski definition) is 2. The molecule has 4 heteroatoms. The molecule has 0 radical (unpaired) electrons. The van der Waals surface area contributed by atoms with Gasteiger partial charge in [0, 0.05) is 19.2 Å². The van der Waals surface area contributed by atoms with E-state index in [1.807, 2.05) is 6.92 Å². The summed E-state index contributed by atoms with van der Waals surface area (Å²) in [6, 6.07) is 4.32. The zero-order valence-corrected chi connectivity index (χ0v) is 10.7. The number of ether oxygens (including phenoxy) is 1. The molecule has 0 spiro atoms. The SMILES string of the molecule is COC1CCCC1NC(C)c1ccc(F)c(F)c1. The lowest BCUT2D eigenvalue weighted by atomic mass is 10.1. The number of halogens is 2. The van der Waals surface area contributed by atoms with Crippen molar-refractivity contribution in [3.05, 3.63) is 35.4 Å². The Kier molecular flexibility index (Phi) is 4.30. The van der Waals surface area contributed by atoms with Gasteiger partial charge in [0.15, 0.2) is 11.6 Å². The molecule has 1 aliphatic carbocycles. The van der Waals surface area contributed by atoms with Crippen molar-refractivity contribution in [2.75, 3.05) is 7.11 Å². The van der Waals surface area contributed by atoms with Crippen LogP contribution in [0, 0.1) is 11.6 Å². The fraction of sp³-hybridized carbons (Fsp3) is 0.571. The van der Waals surface area contributed by atoms with Crippen LogP contribution in [0.25, 0.3) is 0 Å². The van der Waals surface area contributed by atoms with Crippen LogP contribution in [-0.2, 0) is 4.74 Å². The number of hydrogen-bond donors (Lipinski definition) is 1. The molecular formula is C14H19F2NO. The van der Waals surface area contributed by atoms with Gasteiger partial charge in [0.05, 0.1) is 6.10 Å². The topological polar surface area (TPSA) is 21.3 Å². The maximum atomic E-state index is 13.2. The predicted molar refractivity (Wildman–Crippen MR) is 66.3 cm³/mol. The summed E-state index contributed by atoms with van der Waals surface area (Å²) in [6.45, 7) is 1.96. The van der Waals surface area contributed by atoms with E-state index in [4.69, 9.17) is 4.74 Å². The van der Waals surface area contributed by atoms with Gasteiger partial charge in [-0.05, 0) is 43.9 Å². The molecule has 100 valence electrons. The van der Waals surface area contributed by atoms with Crippen molar-refractivity contribution in [1.82, 2.24) is 5.32 Å². The molecule has 0 heterocycles. The number of benzene rings is 1.